The minimum Gasteiger partial charge on any atom is -0.478 e. The van der Waals surface area contributed by atoms with Gasteiger partial charge in [-0.25, -0.2) is 4.79 Å². The number of carbonyl (C=O) groups is 1. The fourth-order valence-corrected chi connectivity index (χ4v) is 1.30. The van der Waals surface area contributed by atoms with Crippen LogP contribution in [0.3, 0.4) is 0 Å². The van der Waals surface area contributed by atoms with E-state index in [2.05, 4.69) is 0 Å². The van der Waals surface area contributed by atoms with Crippen LogP contribution in [-0.4, -0.2) is 11.1 Å². The van der Waals surface area contributed by atoms with E-state index in [0.717, 1.165) is 0 Å². The van der Waals surface area contributed by atoms with Gasteiger partial charge in [-0.15, -0.1) is 12.4 Å². The summed E-state index contributed by atoms with van der Waals surface area (Å²) in [7, 11) is 0. The Balaban J connectivity index is 0.00000169. The number of aliphatic carboxylic acids is 1. The van der Waals surface area contributed by atoms with E-state index >= 15 is 0 Å². The first-order valence-corrected chi connectivity index (χ1v) is 4.22. The van der Waals surface area contributed by atoms with Crippen molar-refractivity contribution in [2.75, 3.05) is 0 Å². The fraction of sp³-hybridized carbons (Fsp3) is 0. The Labute approximate surface area is 97.6 Å². The van der Waals surface area contributed by atoms with Crippen molar-refractivity contribution in [1.29, 1.82) is 0 Å². The molecule has 0 aliphatic heterocycles. The largest absolute Gasteiger partial charge is 0.478 e. The highest BCUT2D eigenvalue weighted by molar-refractivity contribution is 6.61. The first-order valence-electron chi connectivity index (χ1n) is 3.47. The van der Waals surface area contributed by atoms with E-state index < -0.39 is 5.97 Å². The lowest BCUT2D eigenvalue weighted by Gasteiger charge is -2.01. The molecule has 2 nitrogen and oxygen atoms in total. The molecule has 1 rings (SSSR count). The molecule has 0 aliphatic carbocycles. The lowest BCUT2D eigenvalue weighted by atomic mass is 10.1. The summed E-state index contributed by atoms with van der Waals surface area (Å²) in [6.45, 7) is 0. The van der Waals surface area contributed by atoms with Crippen molar-refractivity contribution >= 4 is 47.2 Å². The highest BCUT2D eigenvalue weighted by Crippen LogP contribution is 2.24. The molecule has 14 heavy (non-hydrogen) atoms. The van der Waals surface area contributed by atoms with Crippen LogP contribution in [0.2, 0.25) is 0 Å². The number of benzene rings is 1. The Bertz CT molecular complexity index is 342. The van der Waals surface area contributed by atoms with Crippen LogP contribution in [0.15, 0.2) is 34.8 Å². The highest BCUT2D eigenvalue weighted by Gasteiger charge is 2.13. The molecule has 1 N–H and O–H groups in total. The van der Waals surface area contributed by atoms with Crippen molar-refractivity contribution < 1.29 is 9.90 Å². The van der Waals surface area contributed by atoms with Crippen molar-refractivity contribution in [2.45, 2.75) is 0 Å². The Morgan fingerprint density at radius 2 is 1.64 bits per heavy atom. The lowest BCUT2D eigenvalue weighted by molar-refractivity contribution is -0.130. The molecule has 0 aliphatic rings. The SMILES string of the molecule is Cl.O=C(O)C(=C(Cl)Cl)c1ccccc1. The summed E-state index contributed by atoms with van der Waals surface area (Å²) in [5, 5.41) is 8.77. The highest BCUT2D eigenvalue weighted by atomic mass is 35.5. The summed E-state index contributed by atoms with van der Waals surface area (Å²) in [5.41, 5.74) is 0.416. The van der Waals surface area contributed by atoms with Gasteiger partial charge in [0.15, 0.2) is 0 Å². The van der Waals surface area contributed by atoms with Gasteiger partial charge in [-0.05, 0) is 5.56 Å². The molecule has 0 saturated carbocycles. The second-order valence-corrected chi connectivity index (χ2v) is 3.26. The van der Waals surface area contributed by atoms with E-state index in [0.29, 0.717) is 5.56 Å². The number of hydrogen-bond donors (Lipinski definition) is 1. The first kappa shape index (κ1) is 13.3. The van der Waals surface area contributed by atoms with Crippen LogP contribution in [0.4, 0.5) is 0 Å². The molecule has 0 bridgehead atoms. The van der Waals surface area contributed by atoms with E-state index in [1.807, 2.05) is 0 Å². The topological polar surface area (TPSA) is 37.3 Å². The predicted octanol–water partition coefficient (Wildman–Crippen LogP) is 3.34. The van der Waals surface area contributed by atoms with Gasteiger partial charge in [0.05, 0.1) is 5.57 Å². The van der Waals surface area contributed by atoms with Crippen molar-refractivity contribution in [3.63, 3.8) is 0 Å². The molecule has 5 heteroatoms. The third kappa shape index (κ3) is 3.22. The summed E-state index contributed by atoms with van der Waals surface area (Å²) in [6, 6.07) is 8.48. The van der Waals surface area contributed by atoms with Gasteiger partial charge >= 0.3 is 5.97 Å². The molecule has 0 unspecified atom stereocenters. The monoisotopic (exact) mass is 252 g/mol. The number of halogens is 3. The molecule has 0 radical (unpaired) electrons. The van der Waals surface area contributed by atoms with Gasteiger partial charge in [0, 0.05) is 0 Å². The van der Waals surface area contributed by atoms with Crippen LogP contribution >= 0.6 is 35.6 Å². The van der Waals surface area contributed by atoms with E-state index in [1.165, 1.54) is 0 Å². The zero-order valence-electron chi connectivity index (χ0n) is 6.91. The van der Waals surface area contributed by atoms with Crippen molar-refractivity contribution in [3.8, 4) is 0 Å². The van der Waals surface area contributed by atoms with E-state index in [1.54, 1.807) is 30.3 Å². The van der Waals surface area contributed by atoms with Crippen LogP contribution < -0.4 is 0 Å². The Morgan fingerprint density at radius 3 is 2.00 bits per heavy atom. The first-order chi connectivity index (χ1) is 6.13. The summed E-state index contributed by atoms with van der Waals surface area (Å²) in [4.78, 5) is 10.7. The van der Waals surface area contributed by atoms with Gasteiger partial charge in [0.2, 0.25) is 0 Å². The Hall–Kier alpha value is -0.700. The minimum absolute atomic E-state index is 0. The second kappa shape index (κ2) is 5.91. The number of rotatable bonds is 2. The number of carboxylic acids is 1. The Morgan fingerprint density at radius 1 is 1.14 bits per heavy atom. The van der Waals surface area contributed by atoms with Crippen molar-refractivity contribution in [2.24, 2.45) is 0 Å². The third-order valence-corrected chi connectivity index (χ3v) is 1.84. The summed E-state index contributed by atoms with van der Waals surface area (Å²) < 4.78 is -0.237. The van der Waals surface area contributed by atoms with Gasteiger partial charge in [-0.1, -0.05) is 53.5 Å². The van der Waals surface area contributed by atoms with Gasteiger partial charge in [-0.2, -0.15) is 0 Å². The van der Waals surface area contributed by atoms with E-state index in [-0.39, 0.29) is 22.5 Å². The molecule has 1 aromatic carbocycles. The van der Waals surface area contributed by atoms with E-state index in [4.69, 9.17) is 28.3 Å². The third-order valence-electron chi connectivity index (χ3n) is 1.47. The molecular formula is C9H7Cl3O2. The summed E-state index contributed by atoms with van der Waals surface area (Å²) in [5.74, 6) is -1.13. The average Bonchev–Trinajstić information content (AvgIpc) is 2.04. The number of hydrogen-bond acceptors (Lipinski definition) is 1. The minimum atomic E-state index is -1.13. The van der Waals surface area contributed by atoms with Gasteiger partial charge in [0.25, 0.3) is 0 Å². The molecule has 0 atom stereocenters. The zero-order chi connectivity index (χ0) is 9.84. The molecule has 0 heterocycles. The van der Waals surface area contributed by atoms with Gasteiger partial charge in [0.1, 0.15) is 4.49 Å². The summed E-state index contributed by atoms with van der Waals surface area (Å²) in [6.07, 6.45) is 0. The van der Waals surface area contributed by atoms with Crippen LogP contribution in [0.25, 0.3) is 5.57 Å². The van der Waals surface area contributed by atoms with Gasteiger partial charge < -0.3 is 5.11 Å². The quantitative estimate of drug-likeness (QED) is 0.821. The molecular weight excluding hydrogens is 246 g/mol. The smallest absolute Gasteiger partial charge is 0.338 e. The van der Waals surface area contributed by atoms with Crippen LogP contribution in [0.1, 0.15) is 5.56 Å². The van der Waals surface area contributed by atoms with Crippen LogP contribution in [0, 0.1) is 0 Å². The molecule has 0 amide bonds. The molecule has 0 aromatic heterocycles. The maximum absolute atomic E-state index is 10.7. The zero-order valence-corrected chi connectivity index (χ0v) is 9.23. The predicted molar refractivity (Wildman–Crippen MR) is 60.0 cm³/mol. The van der Waals surface area contributed by atoms with Crippen molar-refractivity contribution in [1.82, 2.24) is 0 Å². The van der Waals surface area contributed by atoms with Gasteiger partial charge in [-0.3, -0.25) is 0 Å². The van der Waals surface area contributed by atoms with Crippen LogP contribution in [-0.2, 0) is 4.79 Å². The van der Waals surface area contributed by atoms with Crippen molar-refractivity contribution in [3.05, 3.63) is 40.4 Å². The van der Waals surface area contributed by atoms with E-state index in [9.17, 15) is 4.79 Å². The maximum Gasteiger partial charge on any atom is 0.338 e. The normalized spacial score (nSPS) is 8.71. The van der Waals surface area contributed by atoms with Crippen LogP contribution in [0.5, 0.6) is 0 Å². The molecule has 76 valence electrons. The lowest BCUT2D eigenvalue weighted by Crippen LogP contribution is -1.99. The standard InChI is InChI=1S/C9H6Cl2O2.ClH/c10-8(11)7(9(12)13)6-4-2-1-3-5-6;/h1-5H,(H,12,13);1H. The maximum atomic E-state index is 10.7. The number of carboxylic acid groups (broad SMARTS) is 1. The molecule has 1 aromatic rings. The molecule has 0 saturated heterocycles. The summed E-state index contributed by atoms with van der Waals surface area (Å²) >= 11 is 10.9. The average molecular weight is 254 g/mol. The Kier molecular flexibility index (Phi) is 5.62. The fourth-order valence-electron chi connectivity index (χ4n) is 0.918. The molecule has 0 fully saturated rings. The molecule has 0 spiro atoms. The second-order valence-electron chi connectivity index (χ2n) is 2.31.